The molecule has 3 aromatic rings. The molecule has 0 unspecified atom stereocenters. The molecule has 29 heavy (non-hydrogen) atoms. The van der Waals surface area contributed by atoms with E-state index in [4.69, 9.17) is 4.74 Å². The lowest BCUT2D eigenvalue weighted by molar-refractivity contribution is 0.239. The zero-order valence-electron chi connectivity index (χ0n) is 18.1. The third-order valence-electron chi connectivity index (χ3n) is 5.13. The molecule has 2 nitrogen and oxygen atoms in total. The van der Waals surface area contributed by atoms with Gasteiger partial charge in [-0.2, -0.15) is 0 Å². The van der Waals surface area contributed by atoms with E-state index in [1.165, 1.54) is 5.56 Å². The van der Waals surface area contributed by atoms with E-state index in [0.29, 0.717) is 12.1 Å². The lowest BCUT2D eigenvalue weighted by Gasteiger charge is -2.24. The SMILES string of the molecule is Cc1cc(C(C)C)cc(CP(=O)(c2ccccc2)c2ccccc2)c1OC(C)C. The van der Waals surface area contributed by atoms with Crippen LogP contribution in [-0.4, -0.2) is 6.10 Å². The first-order chi connectivity index (χ1) is 13.8. The largest absolute Gasteiger partial charge is 0.490 e. The highest BCUT2D eigenvalue weighted by Crippen LogP contribution is 2.49. The highest BCUT2D eigenvalue weighted by Gasteiger charge is 2.29. The van der Waals surface area contributed by atoms with E-state index < -0.39 is 7.14 Å². The van der Waals surface area contributed by atoms with Crippen LogP contribution in [0.3, 0.4) is 0 Å². The second-order valence-corrected chi connectivity index (χ2v) is 11.0. The molecule has 0 heterocycles. The standard InChI is InChI=1S/C26H31O2P/c1-19(2)22-16-21(5)26(28-20(3)4)23(17-22)18-29(27,24-12-8-6-9-13-24)25-14-10-7-11-15-25/h6-17,19-20H,18H2,1-5H3. The van der Waals surface area contributed by atoms with Gasteiger partial charge in [0, 0.05) is 22.3 Å². The second-order valence-electron chi connectivity index (χ2n) is 8.22. The topological polar surface area (TPSA) is 26.3 Å². The summed E-state index contributed by atoms with van der Waals surface area (Å²) in [6.07, 6.45) is 0.509. The fraction of sp³-hybridized carbons (Fsp3) is 0.308. The molecule has 0 saturated carbocycles. The molecule has 3 aromatic carbocycles. The predicted octanol–water partition coefficient (Wildman–Crippen LogP) is 6.42. The maximum Gasteiger partial charge on any atom is 0.147 e. The van der Waals surface area contributed by atoms with Gasteiger partial charge in [0.15, 0.2) is 0 Å². The Bertz CT molecular complexity index is 948. The molecule has 0 saturated heterocycles. The van der Waals surface area contributed by atoms with Gasteiger partial charge in [-0.05, 0) is 37.8 Å². The average Bonchev–Trinajstić information content (AvgIpc) is 2.71. The maximum atomic E-state index is 14.6. The van der Waals surface area contributed by atoms with Gasteiger partial charge in [0.05, 0.1) is 6.10 Å². The van der Waals surface area contributed by atoms with Gasteiger partial charge >= 0.3 is 0 Å². The van der Waals surface area contributed by atoms with Crippen LogP contribution >= 0.6 is 7.14 Å². The molecule has 3 rings (SSSR count). The Kier molecular flexibility index (Phi) is 6.65. The van der Waals surface area contributed by atoms with Gasteiger partial charge in [-0.1, -0.05) is 86.6 Å². The fourth-order valence-corrected chi connectivity index (χ4v) is 6.33. The molecule has 0 spiro atoms. The summed E-state index contributed by atoms with van der Waals surface area (Å²) in [5.74, 6) is 1.27. The smallest absolute Gasteiger partial charge is 0.147 e. The Morgan fingerprint density at radius 3 is 1.79 bits per heavy atom. The van der Waals surface area contributed by atoms with Crippen LogP contribution in [0.25, 0.3) is 0 Å². The summed E-state index contributed by atoms with van der Waals surface area (Å²) in [5, 5.41) is 1.77. The molecule has 0 aromatic heterocycles. The van der Waals surface area contributed by atoms with Crippen LogP contribution in [0, 0.1) is 6.92 Å². The summed E-state index contributed by atoms with van der Waals surface area (Å²) >= 11 is 0. The molecule has 0 atom stereocenters. The third-order valence-corrected chi connectivity index (χ3v) is 8.18. The Morgan fingerprint density at radius 2 is 1.34 bits per heavy atom. The number of ether oxygens (including phenoxy) is 1. The van der Waals surface area contributed by atoms with Crippen LogP contribution in [-0.2, 0) is 10.7 Å². The first-order valence-corrected chi connectivity index (χ1v) is 12.2. The summed E-state index contributed by atoms with van der Waals surface area (Å²) in [5.41, 5.74) is 3.38. The number of hydrogen-bond donors (Lipinski definition) is 0. The average molecular weight is 407 g/mol. The maximum absolute atomic E-state index is 14.6. The van der Waals surface area contributed by atoms with Gasteiger partial charge in [-0.3, -0.25) is 0 Å². The summed E-state index contributed by atoms with van der Waals surface area (Å²) in [6.45, 7) is 10.5. The fourth-order valence-electron chi connectivity index (χ4n) is 3.64. The van der Waals surface area contributed by atoms with E-state index in [2.05, 4.69) is 32.9 Å². The van der Waals surface area contributed by atoms with E-state index in [1.807, 2.05) is 74.5 Å². The van der Waals surface area contributed by atoms with Crippen LogP contribution in [0.5, 0.6) is 5.75 Å². The van der Waals surface area contributed by atoms with Crippen molar-refractivity contribution in [1.29, 1.82) is 0 Å². The molecular formula is C26H31O2P. The summed E-state index contributed by atoms with van der Waals surface area (Å²) in [4.78, 5) is 0. The molecular weight excluding hydrogens is 375 g/mol. The lowest BCUT2D eigenvalue weighted by Crippen LogP contribution is -2.18. The van der Waals surface area contributed by atoms with Crippen molar-refractivity contribution in [3.8, 4) is 5.75 Å². The molecule has 0 aliphatic rings. The number of rotatable bonds is 7. The van der Waals surface area contributed by atoms with Gasteiger partial charge < -0.3 is 9.30 Å². The van der Waals surface area contributed by atoms with Crippen LogP contribution in [0.1, 0.15) is 50.3 Å². The lowest BCUT2D eigenvalue weighted by atomic mass is 9.97. The Labute approximate surface area is 175 Å². The molecule has 0 bridgehead atoms. The van der Waals surface area contributed by atoms with Gasteiger partial charge in [0.2, 0.25) is 0 Å². The van der Waals surface area contributed by atoms with Gasteiger partial charge in [0.1, 0.15) is 12.9 Å². The van der Waals surface area contributed by atoms with E-state index in [0.717, 1.165) is 27.5 Å². The van der Waals surface area contributed by atoms with E-state index in [-0.39, 0.29) is 6.10 Å². The molecule has 3 heteroatoms. The van der Waals surface area contributed by atoms with Crippen molar-refractivity contribution in [2.45, 2.75) is 52.8 Å². The third kappa shape index (κ3) is 4.82. The quantitative estimate of drug-likeness (QED) is 0.423. The first-order valence-electron chi connectivity index (χ1n) is 10.3. The van der Waals surface area contributed by atoms with Crippen LogP contribution in [0.2, 0.25) is 0 Å². The molecule has 152 valence electrons. The number of aryl methyl sites for hydroxylation is 1. The van der Waals surface area contributed by atoms with Gasteiger partial charge in [0.25, 0.3) is 0 Å². The molecule has 0 N–H and O–H groups in total. The van der Waals surface area contributed by atoms with Crippen molar-refractivity contribution in [3.63, 3.8) is 0 Å². The van der Waals surface area contributed by atoms with E-state index in [9.17, 15) is 4.57 Å². The van der Waals surface area contributed by atoms with E-state index >= 15 is 0 Å². The molecule has 0 radical (unpaired) electrons. The minimum Gasteiger partial charge on any atom is -0.490 e. The van der Waals surface area contributed by atoms with Crippen molar-refractivity contribution in [2.75, 3.05) is 0 Å². The van der Waals surface area contributed by atoms with Gasteiger partial charge in [-0.25, -0.2) is 0 Å². The summed E-state index contributed by atoms with van der Waals surface area (Å²) < 4.78 is 20.8. The van der Waals surface area contributed by atoms with Crippen molar-refractivity contribution < 1.29 is 9.30 Å². The van der Waals surface area contributed by atoms with Crippen LogP contribution in [0.15, 0.2) is 72.8 Å². The van der Waals surface area contributed by atoms with Gasteiger partial charge in [-0.15, -0.1) is 0 Å². The summed E-state index contributed by atoms with van der Waals surface area (Å²) in [6, 6.07) is 24.1. The molecule has 0 aliphatic heterocycles. The molecule has 0 fully saturated rings. The first kappa shape index (κ1) is 21.4. The Hall–Kier alpha value is -2.31. The minimum atomic E-state index is -2.87. The number of hydrogen-bond acceptors (Lipinski definition) is 2. The monoisotopic (exact) mass is 406 g/mol. The Morgan fingerprint density at radius 1 is 0.828 bits per heavy atom. The molecule has 0 aliphatic carbocycles. The molecule has 0 amide bonds. The summed E-state index contributed by atoms with van der Waals surface area (Å²) in [7, 11) is -2.87. The second kappa shape index (κ2) is 9.01. The van der Waals surface area contributed by atoms with Crippen molar-refractivity contribution in [3.05, 3.63) is 89.5 Å². The highest BCUT2D eigenvalue weighted by atomic mass is 31.2. The Balaban J connectivity index is 2.19. The van der Waals surface area contributed by atoms with Crippen LogP contribution in [0.4, 0.5) is 0 Å². The predicted molar refractivity (Wildman–Crippen MR) is 124 cm³/mol. The van der Waals surface area contributed by atoms with Crippen LogP contribution < -0.4 is 15.3 Å². The zero-order valence-corrected chi connectivity index (χ0v) is 18.9. The zero-order chi connectivity index (χ0) is 21.0. The highest BCUT2D eigenvalue weighted by molar-refractivity contribution is 7.78. The number of benzene rings is 3. The normalized spacial score (nSPS) is 11.8. The van der Waals surface area contributed by atoms with Crippen molar-refractivity contribution in [1.82, 2.24) is 0 Å². The van der Waals surface area contributed by atoms with Crippen molar-refractivity contribution >= 4 is 17.8 Å². The van der Waals surface area contributed by atoms with Crippen molar-refractivity contribution in [2.24, 2.45) is 0 Å². The van der Waals surface area contributed by atoms with E-state index in [1.54, 1.807) is 0 Å². The minimum absolute atomic E-state index is 0.0604.